The summed E-state index contributed by atoms with van der Waals surface area (Å²) in [6.45, 7) is 4.51. The minimum Gasteiger partial charge on any atom is -0.438 e. The van der Waals surface area contributed by atoms with E-state index >= 15 is 0 Å². The van der Waals surface area contributed by atoms with Crippen LogP contribution in [-0.2, 0) is 16.6 Å². The van der Waals surface area contributed by atoms with E-state index in [9.17, 15) is 18.9 Å². The summed E-state index contributed by atoms with van der Waals surface area (Å²) >= 11 is 0. The van der Waals surface area contributed by atoms with Gasteiger partial charge in [-0.3, -0.25) is 4.72 Å². The van der Waals surface area contributed by atoms with Crippen LogP contribution < -0.4 is 9.46 Å². The number of aryl methyl sites for hydroxylation is 1. The van der Waals surface area contributed by atoms with E-state index in [0.717, 1.165) is 47.1 Å². The van der Waals surface area contributed by atoms with Crippen molar-refractivity contribution >= 4 is 26.6 Å². The molecule has 1 saturated carbocycles. The van der Waals surface area contributed by atoms with E-state index in [1.165, 1.54) is 0 Å². The van der Waals surface area contributed by atoms with Gasteiger partial charge < -0.3 is 9.30 Å². The molecule has 0 unspecified atom stereocenters. The number of nitrogens with zero attached hydrogens (tertiary/aromatic N) is 4. The van der Waals surface area contributed by atoms with Crippen LogP contribution in [0.5, 0.6) is 11.6 Å². The van der Waals surface area contributed by atoms with Crippen molar-refractivity contribution in [1.82, 2.24) is 9.55 Å². The van der Waals surface area contributed by atoms with Gasteiger partial charge in [-0.15, -0.1) is 0 Å². The van der Waals surface area contributed by atoms with E-state index in [1.807, 2.05) is 38.1 Å². The molecule has 2 heterocycles. The van der Waals surface area contributed by atoms with Crippen molar-refractivity contribution in [2.45, 2.75) is 39.7 Å². The lowest BCUT2D eigenvalue weighted by Gasteiger charge is -2.15. The summed E-state index contributed by atoms with van der Waals surface area (Å²) in [6, 6.07) is 18.8. The van der Waals surface area contributed by atoms with Crippen molar-refractivity contribution in [2.75, 3.05) is 10.5 Å². The third-order valence-corrected chi connectivity index (χ3v) is 8.11. The molecule has 0 amide bonds. The van der Waals surface area contributed by atoms with Crippen LogP contribution in [0, 0.1) is 35.5 Å². The summed E-state index contributed by atoms with van der Waals surface area (Å²) in [6.07, 6.45) is 4.37. The molecule has 1 N–H and O–H groups in total. The molecule has 8 nitrogen and oxygen atoms in total. The monoisotopic (exact) mass is 525 g/mol. The highest BCUT2D eigenvalue weighted by atomic mass is 32.2. The van der Waals surface area contributed by atoms with Gasteiger partial charge in [0.25, 0.3) is 0 Å². The Kier molecular flexibility index (Phi) is 6.79. The predicted octanol–water partition coefficient (Wildman–Crippen LogP) is 6.11. The molecule has 0 saturated heterocycles. The maximum absolute atomic E-state index is 12.3. The first kappa shape index (κ1) is 25.3. The van der Waals surface area contributed by atoms with Gasteiger partial charge in [0, 0.05) is 35.4 Å². The number of aromatic nitrogens is 2. The Hall–Kier alpha value is -4.34. The van der Waals surface area contributed by atoms with Crippen LogP contribution in [0.4, 0.5) is 5.69 Å². The van der Waals surface area contributed by atoms with E-state index in [2.05, 4.69) is 26.4 Å². The fourth-order valence-corrected chi connectivity index (χ4v) is 5.82. The highest BCUT2D eigenvalue weighted by molar-refractivity contribution is 7.92. The number of nitrogens with one attached hydrogen (secondary N) is 1. The zero-order valence-corrected chi connectivity index (χ0v) is 22.0. The summed E-state index contributed by atoms with van der Waals surface area (Å²) in [5.74, 6) is 1.34. The van der Waals surface area contributed by atoms with Crippen molar-refractivity contribution in [2.24, 2.45) is 5.92 Å². The van der Waals surface area contributed by atoms with Crippen LogP contribution in [0.25, 0.3) is 22.2 Å². The molecule has 2 aromatic carbocycles. The van der Waals surface area contributed by atoms with Crippen molar-refractivity contribution in [3.8, 4) is 35.0 Å². The fraction of sp³-hybridized carbons (Fsp3) is 0.276. The SMILES string of the molecule is CCCS(=O)(=O)Nc1ccc(-c2c(C#N)c3ccc(Oc4ncccc4C#N)cc3n2CC2CC2)c(C)c1. The Morgan fingerprint density at radius 3 is 2.63 bits per heavy atom. The lowest BCUT2D eigenvalue weighted by molar-refractivity contribution is 0.461. The fourth-order valence-electron chi connectivity index (χ4n) is 4.70. The highest BCUT2D eigenvalue weighted by Crippen LogP contribution is 2.41. The maximum atomic E-state index is 12.3. The maximum Gasteiger partial charge on any atom is 0.237 e. The van der Waals surface area contributed by atoms with E-state index < -0.39 is 10.0 Å². The molecule has 192 valence electrons. The summed E-state index contributed by atoms with van der Waals surface area (Å²) in [4.78, 5) is 4.20. The second-order valence-electron chi connectivity index (χ2n) is 9.59. The number of hydrogen-bond donors (Lipinski definition) is 1. The van der Waals surface area contributed by atoms with E-state index in [0.29, 0.717) is 34.9 Å². The zero-order chi connectivity index (χ0) is 26.9. The molecule has 1 fully saturated rings. The topological polar surface area (TPSA) is 121 Å². The van der Waals surface area contributed by atoms with Gasteiger partial charge in [-0.05, 0) is 74.1 Å². The lowest BCUT2D eigenvalue weighted by atomic mass is 10.0. The van der Waals surface area contributed by atoms with Gasteiger partial charge in [0.2, 0.25) is 15.9 Å². The number of ether oxygens (including phenoxy) is 1. The number of pyridine rings is 1. The lowest BCUT2D eigenvalue weighted by Crippen LogP contribution is -2.16. The Balaban J connectivity index is 1.61. The first-order chi connectivity index (χ1) is 18.3. The van der Waals surface area contributed by atoms with Gasteiger partial charge >= 0.3 is 0 Å². The average Bonchev–Trinajstić information content (AvgIpc) is 3.66. The molecule has 1 aliphatic carbocycles. The number of fused-ring (bicyclic) bond motifs is 1. The summed E-state index contributed by atoms with van der Waals surface area (Å²) in [5.41, 5.74) is 4.81. The standard InChI is InChI=1S/C29H27N5O3S/c1-3-13-38(35,36)33-22-8-10-24(19(2)14-22)28-26(17-31)25-11-9-23(15-27(25)34(28)18-20-6-7-20)37-29-21(16-30)5-4-12-32-29/h4-5,8-12,14-15,20,33H,3,6-7,13,18H2,1-2H3. The Morgan fingerprint density at radius 2 is 1.95 bits per heavy atom. The molecule has 4 aromatic rings. The molecule has 5 rings (SSSR count). The van der Waals surface area contributed by atoms with E-state index in [1.54, 1.807) is 30.5 Å². The molecule has 0 bridgehead atoms. The molecule has 38 heavy (non-hydrogen) atoms. The van der Waals surface area contributed by atoms with Crippen LogP contribution >= 0.6 is 0 Å². The molecule has 0 spiro atoms. The second-order valence-corrected chi connectivity index (χ2v) is 11.4. The Labute approximate surface area is 222 Å². The van der Waals surface area contributed by atoms with Crippen LogP contribution in [0.2, 0.25) is 0 Å². The predicted molar refractivity (Wildman–Crippen MR) is 146 cm³/mol. The molecule has 0 atom stereocenters. The minimum atomic E-state index is -3.41. The smallest absolute Gasteiger partial charge is 0.237 e. The minimum absolute atomic E-state index is 0.0563. The molecule has 9 heteroatoms. The zero-order valence-electron chi connectivity index (χ0n) is 21.2. The van der Waals surface area contributed by atoms with Crippen molar-refractivity contribution in [3.63, 3.8) is 0 Å². The third kappa shape index (κ3) is 5.06. The van der Waals surface area contributed by atoms with Gasteiger partial charge in [-0.1, -0.05) is 13.0 Å². The third-order valence-electron chi connectivity index (χ3n) is 6.62. The van der Waals surface area contributed by atoms with Gasteiger partial charge in [0.1, 0.15) is 23.5 Å². The summed E-state index contributed by atoms with van der Waals surface area (Å²) in [7, 11) is -3.41. The van der Waals surface area contributed by atoms with Crippen LogP contribution in [0.15, 0.2) is 54.7 Å². The molecular formula is C29H27N5O3S. The van der Waals surface area contributed by atoms with E-state index in [4.69, 9.17) is 4.74 Å². The quantitative estimate of drug-likeness (QED) is 0.281. The molecule has 0 radical (unpaired) electrons. The summed E-state index contributed by atoms with van der Waals surface area (Å²) < 4.78 is 35.4. The number of sulfonamides is 1. The number of anilines is 1. The first-order valence-corrected chi connectivity index (χ1v) is 14.2. The van der Waals surface area contributed by atoms with Crippen LogP contribution in [0.3, 0.4) is 0 Å². The van der Waals surface area contributed by atoms with Crippen LogP contribution in [-0.4, -0.2) is 23.7 Å². The number of hydrogen-bond acceptors (Lipinski definition) is 6. The van der Waals surface area contributed by atoms with Crippen molar-refractivity contribution < 1.29 is 13.2 Å². The molecule has 1 aliphatic rings. The molecule has 2 aromatic heterocycles. The van der Waals surface area contributed by atoms with E-state index in [-0.39, 0.29) is 11.6 Å². The highest BCUT2D eigenvalue weighted by Gasteiger charge is 2.27. The average molecular weight is 526 g/mol. The summed E-state index contributed by atoms with van der Waals surface area (Å²) in [5, 5.41) is 20.5. The number of nitriles is 2. The van der Waals surface area contributed by atoms with Gasteiger partial charge in [-0.25, -0.2) is 13.4 Å². The first-order valence-electron chi connectivity index (χ1n) is 12.5. The number of benzene rings is 2. The normalized spacial score (nSPS) is 13.2. The Bertz CT molecular complexity index is 1720. The van der Waals surface area contributed by atoms with Gasteiger partial charge in [0.05, 0.1) is 22.5 Å². The van der Waals surface area contributed by atoms with Crippen molar-refractivity contribution in [3.05, 3.63) is 71.4 Å². The van der Waals surface area contributed by atoms with Crippen LogP contribution in [0.1, 0.15) is 42.9 Å². The largest absolute Gasteiger partial charge is 0.438 e. The molecule has 0 aliphatic heterocycles. The van der Waals surface area contributed by atoms with Crippen molar-refractivity contribution in [1.29, 1.82) is 10.5 Å². The number of rotatable bonds is 9. The van der Waals surface area contributed by atoms with Gasteiger partial charge in [-0.2, -0.15) is 10.5 Å². The second kappa shape index (κ2) is 10.2. The van der Waals surface area contributed by atoms with Gasteiger partial charge in [0.15, 0.2) is 0 Å². The molecular weight excluding hydrogens is 498 g/mol. The Morgan fingerprint density at radius 1 is 1.13 bits per heavy atom.